The van der Waals surface area contributed by atoms with Crippen LogP contribution in [0.1, 0.15) is 31.4 Å². The van der Waals surface area contributed by atoms with Gasteiger partial charge in [0.05, 0.1) is 23.1 Å². The molecule has 0 bridgehead atoms. The number of sulfone groups is 1. The minimum absolute atomic E-state index is 0.0414. The van der Waals surface area contributed by atoms with Crippen LogP contribution < -0.4 is 0 Å². The van der Waals surface area contributed by atoms with Gasteiger partial charge in [0.1, 0.15) is 5.82 Å². The summed E-state index contributed by atoms with van der Waals surface area (Å²) in [6.45, 7) is 3.76. The van der Waals surface area contributed by atoms with Crippen LogP contribution in [0.2, 0.25) is 0 Å². The van der Waals surface area contributed by atoms with Crippen LogP contribution >= 0.6 is 0 Å². The Balaban J connectivity index is 2.94. The Morgan fingerprint density at radius 2 is 2.11 bits per heavy atom. The monoisotopic (exact) mass is 269 g/mol. The molecule has 0 N–H and O–H groups in total. The highest BCUT2D eigenvalue weighted by atomic mass is 32.2. The predicted molar refractivity (Wildman–Crippen MR) is 68.1 cm³/mol. The zero-order valence-corrected chi connectivity index (χ0v) is 11.3. The van der Waals surface area contributed by atoms with Gasteiger partial charge in [-0.05, 0) is 24.1 Å². The number of rotatable bonds is 5. The molecular formula is C13H16FNO2S. The number of nitriles is 1. The van der Waals surface area contributed by atoms with Gasteiger partial charge in [-0.1, -0.05) is 20.3 Å². The number of hydrogen-bond donors (Lipinski definition) is 0. The van der Waals surface area contributed by atoms with Crippen LogP contribution in [0.15, 0.2) is 18.2 Å². The first-order valence-corrected chi connectivity index (χ1v) is 7.59. The van der Waals surface area contributed by atoms with Crippen LogP contribution in [0.25, 0.3) is 0 Å². The van der Waals surface area contributed by atoms with E-state index in [2.05, 4.69) is 0 Å². The molecule has 18 heavy (non-hydrogen) atoms. The minimum Gasteiger partial charge on any atom is -0.228 e. The molecule has 1 atom stereocenters. The van der Waals surface area contributed by atoms with E-state index in [1.807, 2.05) is 19.9 Å². The molecule has 0 saturated heterocycles. The zero-order valence-electron chi connectivity index (χ0n) is 10.5. The molecule has 3 nitrogen and oxygen atoms in total. The maximum Gasteiger partial charge on any atom is 0.154 e. The third-order valence-corrected chi connectivity index (χ3v) is 4.61. The fourth-order valence-corrected chi connectivity index (χ4v) is 3.52. The summed E-state index contributed by atoms with van der Waals surface area (Å²) in [7, 11) is -3.34. The number of halogens is 1. The Bertz CT molecular complexity index is 561. The van der Waals surface area contributed by atoms with E-state index in [9.17, 15) is 12.8 Å². The second kappa shape index (κ2) is 5.96. The van der Waals surface area contributed by atoms with Crippen molar-refractivity contribution in [1.82, 2.24) is 0 Å². The Morgan fingerprint density at radius 1 is 1.44 bits per heavy atom. The lowest BCUT2D eigenvalue weighted by molar-refractivity contribution is 0.560. The van der Waals surface area contributed by atoms with Crippen LogP contribution in [-0.2, 0) is 15.6 Å². The molecule has 98 valence electrons. The molecule has 0 fully saturated rings. The first-order valence-electron chi connectivity index (χ1n) is 5.77. The zero-order chi connectivity index (χ0) is 13.8. The largest absolute Gasteiger partial charge is 0.228 e. The average molecular weight is 269 g/mol. The summed E-state index contributed by atoms with van der Waals surface area (Å²) in [6.07, 6.45) is 0.764. The van der Waals surface area contributed by atoms with Gasteiger partial charge >= 0.3 is 0 Å². The third kappa shape index (κ3) is 4.11. The summed E-state index contributed by atoms with van der Waals surface area (Å²) >= 11 is 0. The highest BCUT2D eigenvalue weighted by Crippen LogP contribution is 2.16. The Kier molecular flexibility index (Phi) is 4.85. The fraction of sp³-hybridized carbons (Fsp3) is 0.462. The van der Waals surface area contributed by atoms with Crippen molar-refractivity contribution in [3.63, 3.8) is 0 Å². The molecule has 1 rings (SSSR count). The van der Waals surface area contributed by atoms with Gasteiger partial charge in [-0.3, -0.25) is 0 Å². The molecule has 0 aliphatic heterocycles. The van der Waals surface area contributed by atoms with E-state index in [0.717, 1.165) is 12.5 Å². The lowest BCUT2D eigenvalue weighted by atomic mass is 10.1. The van der Waals surface area contributed by atoms with Crippen LogP contribution in [0.5, 0.6) is 0 Å². The van der Waals surface area contributed by atoms with Gasteiger partial charge in [0.2, 0.25) is 0 Å². The van der Waals surface area contributed by atoms with E-state index in [1.165, 1.54) is 12.1 Å². The molecule has 0 amide bonds. The van der Waals surface area contributed by atoms with Crippen LogP contribution in [0.4, 0.5) is 4.39 Å². The molecule has 0 radical (unpaired) electrons. The Morgan fingerprint density at radius 3 is 2.67 bits per heavy atom. The predicted octanol–water partition coefficient (Wildman–Crippen LogP) is 2.66. The molecule has 0 saturated carbocycles. The molecule has 0 spiro atoms. The summed E-state index contributed by atoms with van der Waals surface area (Å²) in [5.41, 5.74) is 0.336. The summed E-state index contributed by atoms with van der Waals surface area (Å²) < 4.78 is 37.2. The van der Waals surface area contributed by atoms with E-state index in [0.29, 0.717) is 0 Å². The van der Waals surface area contributed by atoms with Gasteiger partial charge in [0, 0.05) is 5.56 Å². The molecule has 0 aromatic heterocycles. The van der Waals surface area contributed by atoms with Gasteiger partial charge in [0.25, 0.3) is 0 Å². The lowest BCUT2D eigenvalue weighted by Gasteiger charge is -2.10. The first-order chi connectivity index (χ1) is 8.38. The molecule has 0 aliphatic carbocycles. The van der Waals surface area contributed by atoms with E-state index < -0.39 is 15.7 Å². The van der Waals surface area contributed by atoms with E-state index in [4.69, 9.17) is 5.26 Å². The summed E-state index contributed by atoms with van der Waals surface area (Å²) in [5.74, 6) is -0.836. The van der Waals surface area contributed by atoms with Crippen molar-refractivity contribution in [3.8, 4) is 6.07 Å². The first kappa shape index (κ1) is 14.7. The number of benzene rings is 1. The highest BCUT2D eigenvalue weighted by Gasteiger charge is 2.18. The standard InChI is InChI=1S/C13H16FNO2S/c1-3-10(2)8-18(16,17)9-12-6-11(7-15)4-5-13(12)14/h4-6,10H,3,8-9H2,1-2H3. The van der Waals surface area contributed by atoms with Crippen molar-refractivity contribution < 1.29 is 12.8 Å². The number of nitrogens with zero attached hydrogens (tertiary/aromatic N) is 1. The Hall–Kier alpha value is -1.41. The van der Waals surface area contributed by atoms with Gasteiger partial charge in [-0.2, -0.15) is 5.26 Å². The third-order valence-electron chi connectivity index (χ3n) is 2.79. The molecule has 0 heterocycles. The van der Waals surface area contributed by atoms with Crippen molar-refractivity contribution >= 4 is 9.84 Å². The molecule has 1 aromatic rings. The van der Waals surface area contributed by atoms with Crippen LogP contribution in [0.3, 0.4) is 0 Å². The molecular weight excluding hydrogens is 253 g/mol. The van der Waals surface area contributed by atoms with Crippen LogP contribution in [0, 0.1) is 23.1 Å². The molecule has 0 aliphatic rings. The van der Waals surface area contributed by atoms with Gasteiger partial charge in [0.15, 0.2) is 9.84 Å². The second-order valence-corrected chi connectivity index (χ2v) is 6.60. The average Bonchev–Trinajstić information content (AvgIpc) is 2.31. The van der Waals surface area contributed by atoms with Gasteiger partial charge < -0.3 is 0 Å². The smallest absolute Gasteiger partial charge is 0.154 e. The normalized spacial score (nSPS) is 13.0. The summed E-state index contributed by atoms with van der Waals surface area (Å²) in [6, 6.07) is 5.63. The highest BCUT2D eigenvalue weighted by molar-refractivity contribution is 7.90. The maximum atomic E-state index is 13.5. The van der Waals surface area contributed by atoms with Crippen molar-refractivity contribution in [3.05, 3.63) is 35.1 Å². The van der Waals surface area contributed by atoms with Gasteiger partial charge in [-0.25, -0.2) is 12.8 Å². The summed E-state index contributed by atoms with van der Waals surface area (Å²) in [4.78, 5) is 0. The maximum absolute atomic E-state index is 13.5. The topological polar surface area (TPSA) is 57.9 Å². The van der Waals surface area contributed by atoms with Crippen molar-refractivity contribution in [1.29, 1.82) is 5.26 Å². The quantitative estimate of drug-likeness (QED) is 0.825. The summed E-state index contributed by atoms with van der Waals surface area (Å²) in [5, 5.41) is 8.71. The number of hydrogen-bond acceptors (Lipinski definition) is 3. The van der Waals surface area contributed by atoms with E-state index in [1.54, 1.807) is 0 Å². The molecule has 1 aromatic carbocycles. The van der Waals surface area contributed by atoms with E-state index in [-0.39, 0.29) is 28.6 Å². The van der Waals surface area contributed by atoms with Crippen molar-refractivity contribution in [2.75, 3.05) is 5.75 Å². The Labute approximate surface area is 107 Å². The molecule has 5 heteroatoms. The van der Waals surface area contributed by atoms with Gasteiger partial charge in [-0.15, -0.1) is 0 Å². The minimum atomic E-state index is -3.34. The van der Waals surface area contributed by atoms with Crippen molar-refractivity contribution in [2.24, 2.45) is 5.92 Å². The lowest BCUT2D eigenvalue weighted by Crippen LogP contribution is -2.16. The second-order valence-electron chi connectivity index (χ2n) is 4.49. The van der Waals surface area contributed by atoms with Crippen LogP contribution in [-0.4, -0.2) is 14.2 Å². The van der Waals surface area contributed by atoms with E-state index >= 15 is 0 Å². The SMILES string of the molecule is CCC(C)CS(=O)(=O)Cc1cc(C#N)ccc1F. The van der Waals surface area contributed by atoms with Crippen molar-refractivity contribution in [2.45, 2.75) is 26.0 Å². The molecule has 1 unspecified atom stereocenters. The fourth-order valence-electron chi connectivity index (χ4n) is 1.60.